The van der Waals surface area contributed by atoms with Crippen LogP contribution in [0.25, 0.3) is 38.8 Å². The fraction of sp³-hybridized carbons (Fsp3) is 0.192. The van der Waals surface area contributed by atoms with Crippen LogP contribution in [0.1, 0.15) is 6.42 Å². The fourth-order valence-corrected chi connectivity index (χ4v) is 4.60. The molecule has 7 nitrogen and oxygen atoms in total. The first-order valence-corrected chi connectivity index (χ1v) is 11.9. The molecule has 4 heterocycles. The summed E-state index contributed by atoms with van der Waals surface area (Å²) in [5, 5.41) is 8.72. The van der Waals surface area contributed by atoms with E-state index in [4.69, 9.17) is 16.3 Å². The molecule has 0 atom stereocenters. The Bertz CT molecular complexity index is 1710. The monoisotopic (exact) mass is 525 g/mol. The summed E-state index contributed by atoms with van der Waals surface area (Å²) in [6, 6.07) is 16.9. The van der Waals surface area contributed by atoms with Crippen molar-refractivity contribution in [3.63, 3.8) is 0 Å². The fourth-order valence-electron chi connectivity index (χ4n) is 4.47. The van der Waals surface area contributed by atoms with Crippen LogP contribution in [0, 0.1) is 0 Å². The number of aryl methyl sites for hydroxylation is 1. The second-order valence-electron chi connectivity index (χ2n) is 8.72. The maximum Gasteiger partial charge on any atom is 0.405 e. The number of hydrogen-bond acceptors (Lipinski definition) is 5. The highest BCUT2D eigenvalue weighted by Crippen LogP contribution is 2.33. The van der Waals surface area contributed by atoms with Gasteiger partial charge in [0, 0.05) is 28.9 Å². The van der Waals surface area contributed by atoms with E-state index >= 15 is 0 Å². The lowest BCUT2D eigenvalue weighted by Crippen LogP contribution is -2.23. The molecule has 0 radical (unpaired) electrons. The van der Waals surface area contributed by atoms with Gasteiger partial charge in [0.1, 0.15) is 18.0 Å². The minimum atomic E-state index is -4.41. The normalized spacial score (nSPS) is 13.5. The van der Waals surface area contributed by atoms with Gasteiger partial charge in [-0.2, -0.15) is 18.3 Å². The van der Waals surface area contributed by atoms with Crippen LogP contribution in [0.4, 0.5) is 19.0 Å². The Hall–Kier alpha value is -4.05. The number of aromatic nitrogens is 4. The van der Waals surface area contributed by atoms with Gasteiger partial charge in [-0.15, -0.1) is 0 Å². The molecule has 0 unspecified atom stereocenters. The SMILES string of the molecule is O=c1c(-c2ccc3nn4c(c3c2)OCCC4)cc2ccc(NCC(F)(F)F)nc2n1-c1ccc(Cl)cc1. The van der Waals surface area contributed by atoms with Crippen LogP contribution in [0.3, 0.4) is 0 Å². The maximum absolute atomic E-state index is 13.9. The summed E-state index contributed by atoms with van der Waals surface area (Å²) >= 11 is 6.06. The van der Waals surface area contributed by atoms with Gasteiger partial charge < -0.3 is 10.1 Å². The molecule has 3 aromatic heterocycles. The van der Waals surface area contributed by atoms with Gasteiger partial charge >= 0.3 is 6.18 Å². The number of alkyl halides is 3. The molecular weight excluding hydrogens is 507 g/mol. The van der Waals surface area contributed by atoms with Crippen LogP contribution >= 0.6 is 11.6 Å². The Labute approximate surface area is 213 Å². The lowest BCUT2D eigenvalue weighted by molar-refractivity contribution is -0.115. The van der Waals surface area contributed by atoms with E-state index in [1.54, 1.807) is 36.4 Å². The van der Waals surface area contributed by atoms with E-state index in [0.29, 0.717) is 39.7 Å². The molecule has 188 valence electrons. The van der Waals surface area contributed by atoms with Gasteiger partial charge in [-0.25, -0.2) is 9.67 Å². The number of hydrogen-bond donors (Lipinski definition) is 1. The van der Waals surface area contributed by atoms with E-state index in [-0.39, 0.29) is 17.0 Å². The Kier molecular flexibility index (Phi) is 5.56. The van der Waals surface area contributed by atoms with Crippen LogP contribution in [-0.4, -0.2) is 38.7 Å². The largest absolute Gasteiger partial charge is 0.477 e. The summed E-state index contributed by atoms with van der Waals surface area (Å²) in [4.78, 5) is 18.3. The van der Waals surface area contributed by atoms with Crippen molar-refractivity contribution in [2.45, 2.75) is 19.1 Å². The molecule has 2 aromatic carbocycles. The quantitative estimate of drug-likeness (QED) is 0.320. The number of nitrogens with one attached hydrogen (secondary N) is 1. The lowest BCUT2D eigenvalue weighted by atomic mass is 10.0. The number of halogens is 4. The number of nitrogens with zero attached hydrogens (tertiary/aromatic N) is 4. The van der Waals surface area contributed by atoms with Gasteiger partial charge in [-0.3, -0.25) is 9.36 Å². The van der Waals surface area contributed by atoms with Crippen molar-refractivity contribution < 1.29 is 17.9 Å². The zero-order chi connectivity index (χ0) is 25.7. The van der Waals surface area contributed by atoms with E-state index in [9.17, 15) is 18.0 Å². The average Bonchev–Trinajstić information content (AvgIpc) is 3.25. The van der Waals surface area contributed by atoms with Crippen molar-refractivity contribution in [1.82, 2.24) is 19.3 Å². The first kappa shape index (κ1) is 23.4. The number of benzene rings is 2. The minimum absolute atomic E-state index is 0.00442. The molecule has 11 heteroatoms. The third kappa shape index (κ3) is 4.37. The predicted octanol–water partition coefficient (Wildman–Crippen LogP) is 5.81. The van der Waals surface area contributed by atoms with Gasteiger partial charge in [-0.1, -0.05) is 17.7 Å². The van der Waals surface area contributed by atoms with Crippen molar-refractivity contribution in [2.24, 2.45) is 0 Å². The molecular formula is C26H19ClF3N5O2. The average molecular weight is 526 g/mol. The van der Waals surface area contributed by atoms with E-state index in [0.717, 1.165) is 23.9 Å². The third-order valence-corrected chi connectivity index (χ3v) is 6.41. The van der Waals surface area contributed by atoms with Crippen LogP contribution in [0.5, 0.6) is 5.88 Å². The Balaban J connectivity index is 1.55. The Morgan fingerprint density at radius 2 is 1.86 bits per heavy atom. The zero-order valence-corrected chi connectivity index (χ0v) is 20.0. The molecule has 5 aromatic rings. The summed E-state index contributed by atoms with van der Waals surface area (Å²) < 4.78 is 47.3. The molecule has 0 aliphatic carbocycles. The highest BCUT2D eigenvalue weighted by atomic mass is 35.5. The van der Waals surface area contributed by atoms with Crippen molar-refractivity contribution in [2.75, 3.05) is 18.5 Å². The Morgan fingerprint density at radius 3 is 2.65 bits per heavy atom. The molecule has 6 rings (SSSR count). The van der Waals surface area contributed by atoms with Crippen molar-refractivity contribution >= 4 is 39.4 Å². The lowest BCUT2D eigenvalue weighted by Gasteiger charge is -2.15. The van der Waals surface area contributed by atoms with Gasteiger partial charge in [0.2, 0.25) is 5.88 Å². The summed E-state index contributed by atoms with van der Waals surface area (Å²) in [7, 11) is 0. The summed E-state index contributed by atoms with van der Waals surface area (Å²) in [5.74, 6) is 0.675. The molecule has 0 spiro atoms. The number of rotatable bonds is 4. The molecule has 37 heavy (non-hydrogen) atoms. The molecule has 0 saturated heterocycles. The molecule has 0 saturated carbocycles. The van der Waals surface area contributed by atoms with E-state index in [1.807, 2.05) is 22.9 Å². The van der Waals surface area contributed by atoms with E-state index < -0.39 is 12.7 Å². The summed E-state index contributed by atoms with van der Waals surface area (Å²) in [6.07, 6.45) is -3.54. The third-order valence-electron chi connectivity index (χ3n) is 6.16. The van der Waals surface area contributed by atoms with Crippen LogP contribution in [0.15, 0.2) is 65.5 Å². The highest BCUT2D eigenvalue weighted by Gasteiger charge is 2.27. The van der Waals surface area contributed by atoms with Gasteiger partial charge in [-0.05, 0) is 60.2 Å². The predicted molar refractivity (Wildman–Crippen MR) is 136 cm³/mol. The van der Waals surface area contributed by atoms with E-state index in [2.05, 4.69) is 15.4 Å². The molecule has 0 bridgehead atoms. The molecule has 1 aliphatic heterocycles. The standard InChI is InChI=1S/C26H19ClF3N5O2/c27-17-4-6-18(7-5-17)35-23-16(3-9-22(32-23)31-14-26(28,29)30)13-19(24(35)36)15-2-8-21-20(12-15)25-34(33-21)10-1-11-37-25/h2-9,12-13H,1,10-11,14H2,(H,31,32). The second kappa shape index (κ2) is 8.81. The van der Waals surface area contributed by atoms with Crippen LogP contribution in [-0.2, 0) is 6.54 Å². The zero-order valence-electron chi connectivity index (χ0n) is 19.2. The number of anilines is 1. The van der Waals surface area contributed by atoms with E-state index in [1.165, 1.54) is 10.6 Å². The topological polar surface area (TPSA) is 74.0 Å². The summed E-state index contributed by atoms with van der Waals surface area (Å²) in [5.41, 5.74) is 2.15. The van der Waals surface area contributed by atoms with Crippen molar-refractivity contribution in [3.05, 3.63) is 76.0 Å². The van der Waals surface area contributed by atoms with Gasteiger partial charge in [0.15, 0.2) is 0 Å². The second-order valence-corrected chi connectivity index (χ2v) is 9.15. The number of pyridine rings is 2. The molecule has 1 aliphatic rings. The number of fused-ring (bicyclic) bond motifs is 4. The summed E-state index contributed by atoms with van der Waals surface area (Å²) in [6.45, 7) is 0.114. The van der Waals surface area contributed by atoms with Crippen molar-refractivity contribution in [3.8, 4) is 22.7 Å². The molecule has 1 N–H and O–H groups in total. The van der Waals surface area contributed by atoms with Gasteiger partial charge in [0.05, 0.1) is 23.2 Å². The molecule has 0 fully saturated rings. The van der Waals surface area contributed by atoms with Crippen LogP contribution in [0.2, 0.25) is 5.02 Å². The molecule has 0 amide bonds. The van der Waals surface area contributed by atoms with Crippen LogP contribution < -0.4 is 15.6 Å². The van der Waals surface area contributed by atoms with Gasteiger partial charge in [0.25, 0.3) is 5.56 Å². The number of ether oxygens (including phenoxy) is 1. The first-order chi connectivity index (χ1) is 17.8. The Morgan fingerprint density at radius 1 is 1.05 bits per heavy atom. The maximum atomic E-state index is 13.9. The van der Waals surface area contributed by atoms with Crippen molar-refractivity contribution in [1.29, 1.82) is 0 Å². The minimum Gasteiger partial charge on any atom is -0.477 e. The first-order valence-electron chi connectivity index (χ1n) is 11.5. The highest BCUT2D eigenvalue weighted by molar-refractivity contribution is 6.30. The smallest absolute Gasteiger partial charge is 0.405 e.